The first-order valence-corrected chi connectivity index (χ1v) is 10.3. The molecule has 2 saturated heterocycles. The Kier molecular flexibility index (Phi) is 5.40. The highest BCUT2D eigenvalue weighted by atomic mass is 32.2. The fourth-order valence-electron chi connectivity index (χ4n) is 3.44. The molecule has 0 saturated carbocycles. The highest BCUT2D eigenvalue weighted by Gasteiger charge is 2.28. The minimum atomic E-state index is -3.54. The number of hydrogen-bond donors (Lipinski definition) is 0. The van der Waals surface area contributed by atoms with Gasteiger partial charge in [-0.1, -0.05) is 12.5 Å². The van der Waals surface area contributed by atoms with Crippen molar-refractivity contribution in [3.63, 3.8) is 0 Å². The number of carbonyl (C=O) groups is 1. The molecule has 3 rings (SSSR count). The Labute approximate surface area is 149 Å². The van der Waals surface area contributed by atoms with Crippen molar-refractivity contribution in [2.45, 2.75) is 37.0 Å². The van der Waals surface area contributed by atoms with Crippen LogP contribution in [-0.2, 0) is 10.0 Å². The molecule has 7 heteroatoms. The van der Waals surface area contributed by atoms with Gasteiger partial charge in [0.25, 0.3) is 5.91 Å². The number of piperidine rings is 2. The molecule has 0 atom stereocenters. The smallest absolute Gasteiger partial charge is 0.253 e. The van der Waals surface area contributed by atoms with Gasteiger partial charge in [-0.2, -0.15) is 9.57 Å². The van der Waals surface area contributed by atoms with Crippen molar-refractivity contribution < 1.29 is 13.2 Å². The average molecular weight is 361 g/mol. The van der Waals surface area contributed by atoms with Crippen molar-refractivity contribution in [3.8, 4) is 6.07 Å². The van der Waals surface area contributed by atoms with Crippen molar-refractivity contribution in [2.75, 3.05) is 26.2 Å². The molecule has 0 radical (unpaired) electrons. The van der Waals surface area contributed by atoms with Gasteiger partial charge in [0.2, 0.25) is 10.0 Å². The van der Waals surface area contributed by atoms with Crippen LogP contribution in [0, 0.1) is 17.2 Å². The second-order valence-electron chi connectivity index (χ2n) is 6.69. The fraction of sp³-hybridized carbons (Fsp3) is 0.556. The van der Waals surface area contributed by atoms with E-state index in [2.05, 4.69) is 6.07 Å². The number of hydrogen-bond acceptors (Lipinski definition) is 4. The standard InChI is InChI=1S/C18H23N3O3S/c19-14-15-7-11-20(12-8-15)18(22)16-5-4-6-17(13-16)25(23,24)21-9-2-1-3-10-21/h4-6,13,15H,1-3,7-12H2. The van der Waals surface area contributed by atoms with E-state index < -0.39 is 10.0 Å². The lowest BCUT2D eigenvalue weighted by molar-refractivity contribution is 0.0707. The predicted octanol–water partition coefficient (Wildman–Crippen LogP) is 2.24. The molecule has 1 aromatic rings. The van der Waals surface area contributed by atoms with Gasteiger partial charge in [-0.25, -0.2) is 8.42 Å². The summed E-state index contributed by atoms with van der Waals surface area (Å²) in [5.41, 5.74) is 0.397. The predicted molar refractivity (Wildman–Crippen MR) is 93.3 cm³/mol. The van der Waals surface area contributed by atoms with Gasteiger partial charge in [-0.3, -0.25) is 4.79 Å². The molecule has 25 heavy (non-hydrogen) atoms. The molecule has 0 spiro atoms. The zero-order valence-electron chi connectivity index (χ0n) is 14.2. The van der Waals surface area contributed by atoms with E-state index in [9.17, 15) is 13.2 Å². The van der Waals surface area contributed by atoms with Crippen LogP contribution < -0.4 is 0 Å². The Balaban J connectivity index is 1.77. The number of nitriles is 1. The second kappa shape index (κ2) is 7.54. The SMILES string of the molecule is N#CC1CCN(C(=O)c2cccc(S(=O)(=O)N3CCCCC3)c2)CC1. The molecule has 0 aromatic heterocycles. The monoisotopic (exact) mass is 361 g/mol. The first kappa shape index (κ1) is 17.9. The molecule has 0 N–H and O–H groups in total. The number of sulfonamides is 1. The molecule has 1 aromatic carbocycles. The van der Waals surface area contributed by atoms with Gasteiger partial charge in [-0.05, 0) is 43.9 Å². The van der Waals surface area contributed by atoms with E-state index in [1.165, 1.54) is 10.4 Å². The van der Waals surface area contributed by atoms with Crippen LogP contribution in [0.15, 0.2) is 29.2 Å². The average Bonchev–Trinajstić information content (AvgIpc) is 2.68. The molecule has 0 bridgehead atoms. The third kappa shape index (κ3) is 3.86. The molecule has 2 fully saturated rings. The summed E-state index contributed by atoms with van der Waals surface area (Å²) in [5, 5.41) is 8.96. The Morgan fingerprint density at radius 3 is 2.40 bits per heavy atom. The third-order valence-corrected chi connectivity index (χ3v) is 6.89. The van der Waals surface area contributed by atoms with Crippen LogP contribution in [-0.4, -0.2) is 49.7 Å². The van der Waals surface area contributed by atoms with Gasteiger partial charge in [0.15, 0.2) is 0 Å². The second-order valence-corrected chi connectivity index (χ2v) is 8.63. The molecule has 2 heterocycles. The molecule has 134 valence electrons. The van der Waals surface area contributed by atoms with Crippen molar-refractivity contribution in [3.05, 3.63) is 29.8 Å². The fourth-order valence-corrected chi connectivity index (χ4v) is 5.00. The topological polar surface area (TPSA) is 81.5 Å². The number of amides is 1. The maximum absolute atomic E-state index is 12.8. The number of benzene rings is 1. The zero-order valence-corrected chi connectivity index (χ0v) is 15.0. The number of likely N-dealkylation sites (tertiary alicyclic amines) is 1. The van der Waals surface area contributed by atoms with Crippen LogP contribution in [0.4, 0.5) is 0 Å². The lowest BCUT2D eigenvalue weighted by Crippen LogP contribution is -2.38. The highest BCUT2D eigenvalue weighted by Crippen LogP contribution is 2.23. The molecular formula is C18H23N3O3S. The number of nitrogens with zero attached hydrogens (tertiary/aromatic N) is 3. The Morgan fingerprint density at radius 2 is 1.76 bits per heavy atom. The first-order chi connectivity index (χ1) is 12.0. The van der Waals surface area contributed by atoms with Gasteiger partial charge in [0, 0.05) is 37.7 Å². The van der Waals surface area contributed by atoms with Crippen LogP contribution in [0.1, 0.15) is 42.5 Å². The maximum atomic E-state index is 12.8. The summed E-state index contributed by atoms with van der Waals surface area (Å²) in [7, 11) is -3.54. The summed E-state index contributed by atoms with van der Waals surface area (Å²) in [6.45, 7) is 2.17. The first-order valence-electron chi connectivity index (χ1n) is 8.81. The minimum absolute atomic E-state index is 0.00913. The van der Waals surface area contributed by atoms with Gasteiger partial charge in [0.1, 0.15) is 0 Å². The van der Waals surface area contributed by atoms with E-state index in [4.69, 9.17) is 5.26 Å². The highest BCUT2D eigenvalue weighted by molar-refractivity contribution is 7.89. The Morgan fingerprint density at radius 1 is 1.08 bits per heavy atom. The maximum Gasteiger partial charge on any atom is 0.253 e. The van der Waals surface area contributed by atoms with Crippen molar-refractivity contribution in [2.24, 2.45) is 5.92 Å². The summed E-state index contributed by atoms with van der Waals surface area (Å²) in [6.07, 6.45) is 4.17. The summed E-state index contributed by atoms with van der Waals surface area (Å²) >= 11 is 0. The van der Waals surface area contributed by atoms with Gasteiger partial charge < -0.3 is 4.90 Å². The lowest BCUT2D eigenvalue weighted by Gasteiger charge is -2.29. The van der Waals surface area contributed by atoms with Gasteiger partial charge in [0.05, 0.1) is 11.0 Å². The Hall–Kier alpha value is -1.91. The normalized spacial score (nSPS) is 20.2. The molecule has 0 unspecified atom stereocenters. The van der Waals surface area contributed by atoms with E-state index in [0.717, 1.165) is 19.3 Å². The van der Waals surface area contributed by atoms with E-state index in [-0.39, 0.29) is 16.7 Å². The zero-order chi connectivity index (χ0) is 17.9. The largest absolute Gasteiger partial charge is 0.339 e. The van der Waals surface area contributed by atoms with Crippen LogP contribution in [0.3, 0.4) is 0 Å². The van der Waals surface area contributed by atoms with Crippen molar-refractivity contribution >= 4 is 15.9 Å². The van der Waals surface area contributed by atoms with Crippen LogP contribution in [0.5, 0.6) is 0 Å². The van der Waals surface area contributed by atoms with Gasteiger partial charge in [-0.15, -0.1) is 0 Å². The van der Waals surface area contributed by atoms with Crippen molar-refractivity contribution in [1.29, 1.82) is 5.26 Å². The molecule has 6 nitrogen and oxygen atoms in total. The summed E-state index contributed by atoms with van der Waals surface area (Å²) in [4.78, 5) is 14.6. The van der Waals surface area contributed by atoms with E-state index in [0.29, 0.717) is 44.6 Å². The summed E-state index contributed by atoms with van der Waals surface area (Å²) < 4.78 is 27.1. The molecule has 2 aliphatic heterocycles. The molecular weight excluding hydrogens is 338 g/mol. The van der Waals surface area contributed by atoms with Crippen LogP contribution >= 0.6 is 0 Å². The van der Waals surface area contributed by atoms with E-state index in [1.807, 2.05) is 0 Å². The van der Waals surface area contributed by atoms with Crippen molar-refractivity contribution in [1.82, 2.24) is 9.21 Å². The lowest BCUT2D eigenvalue weighted by atomic mass is 9.98. The molecule has 0 aliphatic carbocycles. The van der Waals surface area contributed by atoms with E-state index >= 15 is 0 Å². The van der Waals surface area contributed by atoms with E-state index in [1.54, 1.807) is 23.1 Å². The quantitative estimate of drug-likeness (QED) is 0.827. The minimum Gasteiger partial charge on any atom is -0.339 e. The Bertz CT molecular complexity index is 771. The molecule has 1 amide bonds. The summed E-state index contributed by atoms with van der Waals surface area (Å²) in [6, 6.07) is 8.58. The van der Waals surface area contributed by atoms with Gasteiger partial charge >= 0.3 is 0 Å². The summed E-state index contributed by atoms with van der Waals surface area (Å²) in [5.74, 6) is -0.151. The van der Waals surface area contributed by atoms with Crippen LogP contribution in [0.25, 0.3) is 0 Å². The third-order valence-electron chi connectivity index (χ3n) is 5.00. The number of carbonyl (C=O) groups excluding carboxylic acids is 1. The van der Waals surface area contributed by atoms with Crippen LogP contribution in [0.2, 0.25) is 0 Å². The number of rotatable bonds is 3. The molecule has 2 aliphatic rings.